The molecule has 0 N–H and O–H groups in total. The van der Waals surface area contributed by atoms with E-state index in [1.807, 2.05) is 51.1 Å². The first-order chi connectivity index (χ1) is 15.1. The maximum Gasteiger partial charge on any atom is 0.410 e. The van der Waals surface area contributed by atoms with E-state index in [0.29, 0.717) is 19.5 Å². The van der Waals surface area contributed by atoms with Crippen molar-refractivity contribution < 1.29 is 23.5 Å². The van der Waals surface area contributed by atoms with Crippen LogP contribution in [-0.4, -0.2) is 68.2 Å². The summed E-state index contributed by atoms with van der Waals surface area (Å²) in [6, 6.07) is 9.27. The average Bonchev–Trinajstić information content (AvgIpc) is 2.70. The fraction of sp³-hybridized carbons (Fsp3) is 0.680. The van der Waals surface area contributed by atoms with Gasteiger partial charge in [-0.2, -0.15) is 0 Å². The Morgan fingerprint density at radius 2 is 1.70 bits per heavy atom. The Labute approximate surface area is 200 Å². The molecule has 1 aliphatic rings. The third-order valence-corrected chi connectivity index (χ3v) is 10.9. The van der Waals surface area contributed by atoms with E-state index in [1.54, 1.807) is 16.8 Å². The lowest BCUT2D eigenvalue weighted by Crippen LogP contribution is -2.60. The molecule has 1 saturated heterocycles. The van der Waals surface area contributed by atoms with Crippen LogP contribution in [0.4, 0.5) is 9.59 Å². The normalized spacial score (nSPS) is 19.7. The smallest absolute Gasteiger partial charge is 0.410 e. The van der Waals surface area contributed by atoms with Crippen LogP contribution in [0.3, 0.4) is 0 Å². The van der Waals surface area contributed by atoms with Crippen LogP contribution >= 0.6 is 0 Å². The molecular weight excluding hydrogens is 436 g/mol. The summed E-state index contributed by atoms with van der Waals surface area (Å²) in [7, 11) is -0.362. The number of rotatable bonds is 5. The topological polar surface area (TPSA) is 68.3 Å². The second-order valence-electron chi connectivity index (χ2n) is 11.4. The average molecular weight is 479 g/mol. The van der Waals surface area contributed by atoms with Crippen molar-refractivity contribution in [1.29, 1.82) is 0 Å². The fourth-order valence-corrected chi connectivity index (χ4v) is 4.81. The number of ether oxygens (including phenoxy) is 2. The van der Waals surface area contributed by atoms with Gasteiger partial charge in [0.05, 0.1) is 12.1 Å². The third kappa shape index (κ3) is 7.74. The summed E-state index contributed by atoms with van der Waals surface area (Å²) in [6.07, 6.45) is -0.352. The Bertz CT molecular complexity index is 801. The van der Waals surface area contributed by atoms with Gasteiger partial charge in [-0.25, -0.2) is 9.59 Å². The summed E-state index contributed by atoms with van der Waals surface area (Å²) in [6.45, 7) is 17.6. The first-order valence-corrected chi connectivity index (χ1v) is 14.6. The summed E-state index contributed by atoms with van der Waals surface area (Å²) in [4.78, 5) is 29.0. The van der Waals surface area contributed by atoms with Gasteiger partial charge in [0.1, 0.15) is 12.2 Å². The maximum absolute atomic E-state index is 12.9. The molecule has 1 aromatic carbocycles. The third-order valence-electron chi connectivity index (χ3n) is 6.41. The van der Waals surface area contributed by atoms with Gasteiger partial charge in [-0.1, -0.05) is 51.1 Å². The molecule has 0 saturated carbocycles. The monoisotopic (exact) mass is 478 g/mol. The number of hydrogen-bond donors (Lipinski definition) is 0. The van der Waals surface area contributed by atoms with E-state index in [2.05, 4.69) is 33.9 Å². The zero-order valence-electron chi connectivity index (χ0n) is 21.8. The van der Waals surface area contributed by atoms with Crippen molar-refractivity contribution in [1.82, 2.24) is 9.80 Å². The van der Waals surface area contributed by atoms with Gasteiger partial charge in [0.15, 0.2) is 8.32 Å². The van der Waals surface area contributed by atoms with Gasteiger partial charge in [-0.3, -0.25) is 0 Å². The van der Waals surface area contributed by atoms with Crippen LogP contribution in [0.15, 0.2) is 30.3 Å². The molecule has 0 unspecified atom stereocenters. The van der Waals surface area contributed by atoms with Crippen LogP contribution in [0.5, 0.6) is 0 Å². The minimum Gasteiger partial charge on any atom is -0.445 e. The van der Waals surface area contributed by atoms with Gasteiger partial charge in [0, 0.05) is 20.1 Å². The number of amides is 2. The van der Waals surface area contributed by atoms with E-state index in [-0.39, 0.29) is 29.9 Å². The van der Waals surface area contributed by atoms with Gasteiger partial charge in [0.25, 0.3) is 0 Å². The molecule has 0 aromatic heterocycles. The Kier molecular flexibility index (Phi) is 8.62. The Morgan fingerprint density at radius 3 is 2.24 bits per heavy atom. The Morgan fingerprint density at radius 1 is 1.09 bits per heavy atom. The Balaban J connectivity index is 2.16. The van der Waals surface area contributed by atoms with Crippen molar-refractivity contribution in [3.63, 3.8) is 0 Å². The number of benzene rings is 1. The molecule has 0 spiro atoms. The minimum absolute atomic E-state index is 0.0355. The summed E-state index contributed by atoms with van der Waals surface area (Å²) in [5.74, 6) is 0. The van der Waals surface area contributed by atoms with Crippen LogP contribution in [0.2, 0.25) is 18.1 Å². The molecule has 8 heteroatoms. The predicted molar refractivity (Wildman–Crippen MR) is 133 cm³/mol. The standard InChI is InChI=1S/C25H42N2O5Si/c1-24(2,3)31-22(28)26(7)20-17-27(23(29)30-18-19-13-11-10-12-14-19)16-15-21(20)32-33(8,9)25(4,5)6/h10-14,20-21H,15-18H2,1-9H3/t20-,21-/m1/s1. The molecule has 0 bridgehead atoms. The molecular formula is C25H42N2O5Si. The van der Waals surface area contributed by atoms with E-state index in [9.17, 15) is 9.59 Å². The number of likely N-dealkylation sites (tertiary alicyclic amines) is 1. The van der Waals surface area contributed by atoms with Crippen molar-refractivity contribution in [2.75, 3.05) is 20.1 Å². The van der Waals surface area contributed by atoms with E-state index in [4.69, 9.17) is 13.9 Å². The molecule has 0 radical (unpaired) electrons. The van der Waals surface area contributed by atoms with Crippen LogP contribution in [0, 0.1) is 0 Å². The number of nitrogens with zero attached hydrogens (tertiary/aromatic N) is 2. The molecule has 2 atom stereocenters. The number of hydrogen-bond acceptors (Lipinski definition) is 5. The fourth-order valence-electron chi connectivity index (χ4n) is 3.42. The van der Waals surface area contributed by atoms with Gasteiger partial charge >= 0.3 is 12.2 Å². The van der Waals surface area contributed by atoms with Gasteiger partial charge in [-0.05, 0) is 50.9 Å². The molecule has 7 nitrogen and oxygen atoms in total. The largest absolute Gasteiger partial charge is 0.445 e. The molecule has 1 aromatic rings. The molecule has 2 amide bonds. The second kappa shape index (κ2) is 10.5. The number of carbonyl (C=O) groups is 2. The van der Waals surface area contributed by atoms with Crippen LogP contribution < -0.4 is 0 Å². The van der Waals surface area contributed by atoms with Gasteiger partial charge < -0.3 is 23.7 Å². The highest BCUT2D eigenvalue weighted by molar-refractivity contribution is 6.74. The van der Waals surface area contributed by atoms with Crippen LogP contribution in [0.25, 0.3) is 0 Å². The van der Waals surface area contributed by atoms with E-state index >= 15 is 0 Å². The number of likely N-dealkylation sites (N-methyl/N-ethyl adjacent to an activating group) is 1. The molecule has 0 aliphatic carbocycles. The molecule has 186 valence electrons. The molecule has 1 aliphatic heterocycles. The summed E-state index contributed by atoms with van der Waals surface area (Å²) in [5.41, 5.74) is 0.328. The molecule has 1 fully saturated rings. The highest BCUT2D eigenvalue weighted by Crippen LogP contribution is 2.39. The van der Waals surface area contributed by atoms with Crippen molar-refractivity contribution >= 4 is 20.5 Å². The lowest BCUT2D eigenvalue weighted by atomic mass is 10.0. The number of carbonyl (C=O) groups excluding carboxylic acids is 2. The zero-order valence-corrected chi connectivity index (χ0v) is 22.8. The minimum atomic E-state index is -2.08. The first-order valence-electron chi connectivity index (χ1n) is 11.7. The van der Waals surface area contributed by atoms with E-state index in [1.165, 1.54) is 0 Å². The van der Waals surface area contributed by atoms with E-state index in [0.717, 1.165) is 5.56 Å². The highest BCUT2D eigenvalue weighted by Gasteiger charge is 2.45. The maximum atomic E-state index is 12.9. The quantitative estimate of drug-likeness (QED) is 0.511. The Hall–Kier alpha value is -2.06. The lowest BCUT2D eigenvalue weighted by Gasteiger charge is -2.47. The first kappa shape index (κ1) is 27.2. The SMILES string of the molecule is CN(C(=O)OC(C)(C)C)[C@@H]1CN(C(=O)OCc2ccccc2)CC[C@H]1O[Si](C)(C)C(C)(C)C. The van der Waals surface area contributed by atoms with Crippen LogP contribution in [0.1, 0.15) is 53.5 Å². The van der Waals surface area contributed by atoms with E-state index < -0.39 is 20.0 Å². The zero-order chi connectivity index (χ0) is 25.0. The molecule has 1 heterocycles. The van der Waals surface area contributed by atoms with Crippen molar-refractivity contribution in [2.45, 2.75) is 90.4 Å². The highest BCUT2D eigenvalue weighted by atomic mass is 28.4. The van der Waals surface area contributed by atoms with Crippen molar-refractivity contribution in [3.8, 4) is 0 Å². The molecule has 33 heavy (non-hydrogen) atoms. The lowest BCUT2D eigenvalue weighted by molar-refractivity contribution is -0.0205. The second-order valence-corrected chi connectivity index (χ2v) is 16.1. The van der Waals surface area contributed by atoms with Gasteiger partial charge in [-0.15, -0.1) is 0 Å². The number of piperidine rings is 1. The molecule has 2 rings (SSSR count). The summed E-state index contributed by atoms with van der Waals surface area (Å²) >= 11 is 0. The summed E-state index contributed by atoms with van der Waals surface area (Å²) < 4.78 is 17.9. The van der Waals surface area contributed by atoms with Gasteiger partial charge in [0.2, 0.25) is 0 Å². The van der Waals surface area contributed by atoms with Crippen molar-refractivity contribution in [2.24, 2.45) is 0 Å². The van der Waals surface area contributed by atoms with Crippen LogP contribution in [-0.2, 0) is 20.5 Å². The van der Waals surface area contributed by atoms with Crippen molar-refractivity contribution in [3.05, 3.63) is 35.9 Å². The predicted octanol–water partition coefficient (Wildman–Crippen LogP) is 5.65. The summed E-state index contributed by atoms with van der Waals surface area (Å²) in [5, 5.41) is 0.0355.